The Bertz CT molecular complexity index is 1050. The summed E-state index contributed by atoms with van der Waals surface area (Å²) in [7, 11) is 0. The van der Waals surface area contributed by atoms with Gasteiger partial charge in [-0.1, -0.05) is 0 Å². The summed E-state index contributed by atoms with van der Waals surface area (Å²) in [4.78, 5) is 0. The van der Waals surface area contributed by atoms with Crippen LogP contribution in [0.2, 0.25) is 0 Å². The van der Waals surface area contributed by atoms with Gasteiger partial charge in [0.2, 0.25) is 0 Å². The summed E-state index contributed by atoms with van der Waals surface area (Å²) >= 11 is 0. The number of halogens is 28. The van der Waals surface area contributed by atoms with E-state index < -0.39 is 79.4 Å². The highest BCUT2D eigenvalue weighted by Gasteiger charge is 2.86. The van der Waals surface area contributed by atoms with E-state index in [4.69, 9.17) is 0 Å². The first-order chi connectivity index (χ1) is 19.3. The molecule has 0 aromatic heterocycles. The molecule has 0 heterocycles. The molecule has 5 nitrogen and oxygen atoms in total. The van der Waals surface area contributed by atoms with Crippen molar-refractivity contribution in [2.24, 2.45) is 0 Å². The maximum atomic E-state index is 13.3. The van der Waals surface area contributed by atoms with Crippen LogP contribution in [0, 0.1) is 0 Å². The molecule has 278 valence electrons. The molecular formula is C13F28O5. The van der Waals surface area contributed by atoms with Crippen LogP contribution >= 0.6 is 0 Å². The molecule has 0 aliphatic carbocycles. The van der Waals surface area contributed by atoms with Crippen molar-refractivity contribution in [1.29, 1.82) is 0 Å². The van der Waals surface area contributed by atoms with Crippen molar-refractivity contribution in [3.63, 3.8) is 0 Å². The van der Waals surface area contributed by atoms with Crippen LogP contribution in [0.5, 0.6) is 0 Å². The molecule has 0 saturated heterocycles. The number of alkyl halides is 28. The molecule has 0 saturated carbocycles. The van der Waals surface area contributed by atoms with Gasteiger partial charge < -0.3 is 0 Å². The van der Waals surface area contributed by atoms with Crippen molar-refractivity contribution in [1.82, 2.24) is 0 Å². The lowest BCUT2D eigenvalue weighted by Crippen LogP contribution is -2.65. The fourth-order valence-corrected chi connectivity index (χ4v) is 1.64. The van der Waals surface area contributed by atoms with Gasteiger partial charge in [0.15, 0.2) is 0 Å². The fraction of sp³-hybridized carbons (Fsp3) is 1.00. The van der Waals surface area contributed by atoms with Crippen molar-refractivity contribution >= 4 is 0 Å². The Labute approximate surface area is 227 Å². The molecular weight excluding hydrogens is 768 g/mol. The van der Waals surface area contributed by atoms with Gasteiger partial charge >= 0.3 is 79.4 Å². The molecule has 46 heavy (non-hydrogen) atoms. The maximum absolute atomic E-state index is 13.3. The van der Waals surface area contributed by atoms with Crippen LogP contribution in [0.3, 0.4) is 0 Å². The molecule has 0 bridgehead atoms. The number of rotatable bonds is 15. The Balaban J connectivity index is 6.28. The predicted molar refractivity (Wildman–Crippen MR) is 72.0 cm³/mol. The Hall–Kier alpha value is -2.16. The standard InChI is InChI=1S/C13F28O5/c14-1(15,3(18,19)20)2(16,17)5(24,25)42-7(28,29)8(30,31)43-9(32,33)10(34,35)44-11(36,37)12(38,39)46-13(40,41)45-6(26,27)4(21,22)23. The van der Waals surface area contributed by atoms with E-state index in [9.17, 15) is 123 Å². The Morgan fingerprint density at radius 3 is 0.652 bits per heavy atom. The first-order valence-corrected chi connectivity index (χ1v) is 9.08. The highest BCUT2D eigenvalue weighted by Crippen LogP contribution is 2.57. The van der Waals surface area contributed by atoms with E-state index >= 15 is 0 Å². The number of hydrogen-bond acceptors (Lipinski definition) is 5. The van der Waals surface area contributed by atoms with E-state index in [1.54, 1.807) is 0 Å². The number of hydrogen-bond donors (Lipinski definition) is 0. The lowest BCUT2D eigenvalue weighted by atomic mass is 10.1. The Morgan fingerprint density at radius 1 is 0.196 bits per heavy atom. The first-order valence-electron chi connectivity index (χ1n) is 9.08. The summed E-state index contributed by atoms with van der Waals surface area (Å²) in [5.74, 6) is -16.7. The lowest BCUT2D eigenvalue weighted by molar-refractivity contribution is -0.599. The van der Waals surface area contributed by atoms with Crippen LogP contribution < -0.4 is 0 Å². The zero-order chi connectivity index (χ0) is 38.0. The molecule has 0 amide bonds. The smallest absolute Gasteiger partial charge is 0.243 e. The molecule has 0 aliphatic heterocycles. The highest BCUT2D eigenvalue weighted by molar-refractivity contribution is 4.97. The van der Waals surface area contributed by atoms with Gasteiger partial charge in [-0.2, -0.15) is 114 Å². The average Bonchev–Trinajstić information content (AvgIpc) is 2.67. The second-order valence-electron chi connectivity index (χ2n) is 7.25. The minimum Gasteiger partial charge on any atom is -0.243 e. The zero-order valence-corrected chi connectivity index (χ0v) is 19.1. The van der Waals surface area contributed by atoms with Crippen LogP contribution in [-0.2, 0) is 23.7 Å². The largest absolute Gasteiger partial charge is 0.495 e. The van der Waals surface area contributed by atoms with Crippen LogP contribution in [0.25, 0.3) is 0 Å². The quantitative estimate of drug-likeness (QED) is 0.123. The van der Waals surface area contributed by atoms with Gasteiger partial charge in [-0.3, -0.25) is 0 Å². The van der Waals surface area contributed by atoms with Gasteiger partial charge in [0.1, 0.15) is 0 Å². The van der Waals surface area contributed by atoms with Crippen molar-refractivity contribution in [2.75, 3.05) is 0 Å². The third kappa shape index (κ3) is 8.46. The van der Waals surface area contributed by atoms with Crippen molar-refractivity contribution in [3.05, 3.63) is 0 Å². The van der Waals surface area contributed by atoms with Crippen LogP contribution in [0.4, 0.5) is 123 Å². The summed E-state index contributed by atoms with van der Waals surface area (Å²) in [5, 5.41) is 0. The first kappa shape index (κ1) is 43.8. The van der Waals surface area contributed by atoms with E-state index in [-0.39, 0.29) is 0 Å². The van der Waals surface area contributed by atoms with E-state index in [1.807, 2.05) is 0 Å². The normalized spacial score (nSPS) is 16.7. The van der Waals surface area contributed by atoms with Crippen molar-refractivity contribution < 1.29 is 147 Å². The van der Waals surface area contributed by atoms with E-state index in [0.29, 0.717) is 0 Å². The van der Waals surface area contributed by atoms with E-state index in [2.05, 4.69) is 0 Å². The molecule has 0 aliphatic rings. The molecule has 0 radical (unpaired) electrons. The minimum atomic E-state index is -8.45. The summed E-state index contributed by atoms with van der Waals surface area (Å²) in [6.45, 7) is 0. The number of ether oxygens (including phenoxy) is 5. The van der Waals surface area contributed by atoms with Gasteiger partial charge in [-0.15, -0.1) is 8.78 Å². The second kappa shape index (κ2) is 11.5. The molecule has 0 aromatic carbocycles. The average molecular weight is 768 g/mol. The van der Waals surface area contributed by atoms with Gasteiger partial charge in [0, 0.05) is 0 Å². The zero-order valence-electron chi connectivity index (χ0n) is 19.1. The van der Waals surface area contributed by atoms with E-state index in [1.165, 1.54) is 9.47 Å². The summed E-state index contributed by atoms with van der Waals surface area (Å²) < 4.78 is 362. The Morgan fingerprint density at radius 2 is 0.413 bits per heavy atom. The third-order valence-corrected chi connectivity index (χ3v) is 3.73. The lowest BCUT2D eigenvalue weighted by Gasteiger charge is -2.37. The second-order valence-corrected chi connectivity index (χ2v) is 7.25. The van der Waals surface area contributed by atoms with Crippen LogP contribution in [0.15, 0.2) is 0 Å². The monoisotopic (exact) mass is 768 g/mol. The summed E-state index contributed by atoms with van der Waals surface area (Å²) in [6.07, 6.45) is -87.6. The van der Waals surface area contributed by atoms with Crippen LogP contribution in [0.1, 0.15) is 0 Å². The molecule has 0 N–H and O–H groups in total. The summed E-state index contributed by atoms with van der Waals surface area (Å²) in [5.41, 5.74) is 0. The van der Waals surface area contributed by atoms with Gasteiger partial charge in [-0.05, 0) is 0 Å². The summed E-state index contributed by atoms with van der Waals surface area (Å²) in [6, 6.07) is 0. The molecule has 0 aromatic rings. The van der Waals surface area contributed by atoms with Gasteiger partial charge in [0.05, 0.1) is 0 Å². The topological polar surface area (TPSA) is 46.2 Å². The molecule has 33 heteroatoms. The minimum absolute atomic E-state index is 0.951. The van der Waals surface area contributed by atoms with Crippen molar-refractivity contribution in [2.45, 2.75) is 79.4 Å². The molecule has 0 fully saturated rings. The van der Waals surface area contributed by atoms with Crippen LogP contribution in [-0.4, -0.2) is 79.4 Å². The van der Waals surface area contributed by atoms with Gasteiger partial charge in [0.25, 0.3) is 0 Å². The fourth-order valence-electron chi connectivity index (χ4n) is 1.64. The molecule has 0 unspecified atom stereocenters. The third-order valence-electron chi connectivity index (χ3n) is 3.73. The van der Waals surface area contributed by atoms with Gasteiger partial charge in [-0.25, -0.2) is 23.7 Å². The SMILES string of the molecule is FC(F)(OC(F)(F)C(F)(F)F)OC(F)(F)C(F)(F)OC(F)(F)C(F)(F)OC(F)(F)C(F)(F)OC(F)(F)C(F)(F)C(F)(F)C(F)(F)F. The molecule has 0 rings (SSSR count). The maximum Gasteiger partial charge on any atom is 0.495 e. The predicted octanol–water partition coefficient (Wildman–Crippen LogP) is 8.76. The molecule has 0 atom stereocenters. The van der Waals surface area contributed by atoms with Crippen molar-refractivity contribution in [3.8, 4) is 0 Å². The molecule has 0 spiro atoms. The highest BCUT2D eigenvalue weighted by atomic mass is 19.4. The van der Waals surface area contributed by atoms with E-state index in [0.717, 1.165) is 14.2 Å². The Kier molecular flexibility index (Phi) is 10.9.